The van der Waals surface area contributed by atoms with E-state index in [2.05, 4.69) is 25.9 Å². The van der Waals surface area contributed by atoms with Gasteiger partial charge in [0.05, 0.1) is 11.9 Å². The molecule has 0 saturated carbocycles. The Morgan fingerprint density at radius 1 is 1.26 bits per heavy atom. The molecule has 0 aliphatic carbocycles. The first-order chi connectivity index (χ1) is 12.8. The molecule has 1 heterocycles. The Kier molecular flexibility index (Phi) is 7.25. The summed E-state index contributed by atoms with van der Waals surface area (Å²) in [6.07, 6.45) is 3.57. The molecule has 0 bridgehead atoms. The number of aliphatic imine (C=N–C) groups is 1. The zero-order chi connectivity index (χ0) is 19.9. The first kappa shape index (κ1) is 20.8. The number of hydrogen-bond acceptors (Lipinski definition) is 4. The minimum atomic E-state index is -1.96. The van der Waals surface area contributed by atoms with Gasteiger partial charge >= 0.3 is 0 Å². The normalized spacial score (nSPS) is 12.6. The average Bonchev–Trinajstić information content (AvgIpc) is 2.61. The van der Waals surface area contributed by atoms with Crippen LogP contribution < -0.4 is 16.0 Å². The quantitative estimate of drug-likeness (QED) is 0.229. The maximum absolute atomic E-state index is 12.5. The number of benzene rings is 1. The smallest absolute Gasteiger partial charge is 0.253 e. The number of aromatic nitrogens is 1. The van der Waals surface area contributed by atoms with Crippen molar-refractivity contribution in [2.24, 2.45) is 4.99 Å². The van der Waals surface area contributed by atoms with Crippen molar-refractivity contribution < 1.29 is 4.79 Å². The van der Waals surface area contributed by atoms with Crippen molar-refractivity contribution >= 4 is 52.4 Å². The third kappa shape index (κ3) is 6.29. The number of nitrogens with one attached hydrogen (secondary N) is 3. The van der Waals surface area contributed by atoms with E-state index in [4.69, 9.17) is 40.1 Å². The molecule has 1 atom stereocenters. The van der Waals surface area contributed by atoms with Crippen LogP contribution in [0.2, 0.25) is 0 Å². The molecule has 0 aliphatic heterocycles. The highest BCUT2D eigenvalue weighted by Gasteiger charge is 2.34. The Morgan fingerprint density at radius 2 is 2.00 bits per heavy atom. The van der Waals surface area contributed by atoms with Crippen molar-refractivity contribution in [1.82, 2.24) is 15.6 Å². The highest BCUT2D eigenvalue weighted by Crippen LogP contribution is 2.31. The number of nitrogens with zero attached hydrogens (tertiary/aromatic N) is 3. The maximum Gasteiger partial charge on any atom is 0.253 e. The number of amides is 1. The zero-order valence-corrected chi connectivity index (χ0v) is 16.3. The van der Waals surface area contributed by atoms with Gasteiger partial charge in [-0.05, 0) is 30.7 Å². The van der Waals surface area contributed by atoms with Crippen LogP contribution in [0.25, 0.3) is 0 Å². The molecule has 2 aromatic rings. The van der Waals surface area contributed by atoms with E-state index in [1.165, 1.54) is 6.20 Å². The van der Waals surface area contributed by atoms with Crippen molar-refractivity contribution in [2.75, 3.05) is 5.32 Å². The Bertz CT molecular complexity index is 861. The van der Waals surface area contributed by atoms with Crippen LogP contribution in [0.1, 0.15) is 15.9 Å². The number of pyridine rings is 1. The fourth-order valence-electron chi connectivity index (χ4n) is 2.07. The topological polar surface area (TPSA) is 102 Å². The van der Waals surface area contributed by atoms with Gasteiger partial charge in [-0.15, -0.1) is 0 Å². The molecule has 0 radical (unpaired) electrons. The molecule has 27 heavy (non-hydrogen) atoms. The summed E-state index contributed by atoms with van der Waals surface area (Å²) in [7, 11) is 0. The Morgan fingerprint density at radius 3 is 2.59 bits per heavy atom. The number of carbonyl (C=O) groups excluding carboxylic acids is 1. The molecule has 7 nitrogen and oxygen atoms in total. The predicted molar refractivity (Wildman–Crippen MR) is 107 cm³/mol. The van der Waals surface area contributed by atoms with Gasteiger partial charge in [-0.3, -0.25) is 15.1 Å². The fraction of sp³-hybridized carbons (Fsp3) is 0.176. The van der Waals surface area contributed by atoms with Crippen LogP contribution >= 0.6 is 34.8 Å². The molecule has 1 aromatic carbocycles. The average molecular weight is 426 g/mol. The largest absolute Gasteiger partial charge is 0.327 e. The second kappa shape index (κ2) is 9.42. The van der Waals surface area contributed by atoms with Crippen LogP contribution in [0.3, 0.4) is 0 Å². The van der Waals surface area contributed by atoms with E-state index in [1.54, 1.807) is 49.6 Å². The van der Waals surface area contributed by atoms with Crippen LogP contribution in [0.5, 0.6) is 0 Å². The first-order valence-corrected chi connectivity index (χ1v) is 8.78. The van der Waals surface area contributed by atoms with Gasteiger partial charge in [0.15, 0.2) is 12.4 Å². The highest BCUT2D eigenvalue weighted by atomic mass is 35.6. The summed E-state index contributed by atoms with van der Waals surface area (Å²) in [4.78, 5) is 20.6. The van der Waals surface area contributed by atoms with E-state index in [0.29, 0.717) is 11.3 Å². The lowest BCUT2D eigenvalue weighted by Crippen LogP contribution is -2.45. The lowest BCUT2D eigenvalue weighted by atomic mass is 10.1. The van der Waals surface area contributed by atoms with E-state index in [-0.39, 0.29) is 5.96 Å². The molecule has 0 spiro atoms. The number of alkyl halides is 3. The van der Waals surface area contributed by atoms with Crippen molar-refractivity contribution in [3.63, 3.8) is 0 Å². The molecule has 0 saturated heterocycles. The van der Waals surface area contributed by atoms with E-state index >= 15 is 0 Å². The monoisotopic (exact) mass is 424 g/mol. The molecule has 1 amide bonds. The summed E-state index contributed by atoms with van der Waals surface area (Å²) >= 11 is 17.9. The van der Waals surface area contributed by atoms with Crippen molar-refractivity contribution in [3.8, 4) is 6.19 Å². The van der Waals surface area contributed by atoms with Crippen LogP contribution in [-0.4, -0.2) is 26.8 Å². The molecule has 0 aliphatic rings. The molecular weight excluding hydrogens is 411 g/mol. The van der Waals surface area contributed by atoms with Gasteiger partial charge in [0.1, 0.15) is 0 Å². The summed E-state index contributed by atoms with van der Waals surface area (Å²) in [6.45, 7) is 1.79. The predicted octanol–water partition coefficient (Wildman–Crippen LogP) is 3.35. The van der Waals surface area contributed by atoms with Gasteiger partial charge in [0.2, 0.25) is 9.75 Å². The van der Waals surface area contributed by atoms with Gasteiger partial charge in [-0.25, -0.2) is 4.99 Å². The molecule has 1 aromatic heterocycles. The Hall–Kier alpha value is -2.53. The standard InChI is InChI=1S/C17H15Cl3N6O/c1-11-5-2-3-7-13(11)14(27)25-15(17(18,19)20)26-16(23-10-21)24-12-6-4-8-22-9-12/h2-9,15H,1H3,(H,25,27)(H2,23,24,26). The van der Waals surface area contributed by atoms with Gasteiger partial charge in [-0.1, -0.05) is 53.0 Å². The summed E-state index contributed by atoms with van der Waals surface area (Å²) in [5.41, 5.74) is 1.72. The van der Waals surface area contributed by atoms with Crippen molar-refractivity contribution in [1.29, 1.82) is 5.26 Å². The summed E-state index contributed by atoms with van der Waals surface area (Å²) < 4.78 is -1.96. The van der Waals surface area contributed by atoms with Crippen LogP contribution in [0.4, 0.5) is 5.69 Å². The number of aryl methyl sites for hydroxylation is 1. The van der Waals surface area contributed by atoms with Gasteiger partial charge < -0.3 is 10.6 Å². The fourth-order valence-corrected chi connectivity index (χ4v) is 2.38. The molecule has 2 rings (SSSR count). The molecule has 10 heteroatoms. The second-order valence-corrected chi connectivity index (χ2v) is 7.68. The van der Waals surface area contributed by atoms with Crippen molar-refractivity contribution in [3.05, 3.63) is 59.9 Å². The summed E-state index contributed by atoms with van der Waals surface area (Å²) in [5.74, 6) is -0.488. The summed E-state index contributed by atoms with van der Waals surface area (Å²) in [5, 5.41) is 16.7. The molecule has 1 unspecified atom stereocenters. The number of carbonyl (C=O) groups is 1. The lowest BCUT2D eigenvalue weighted by Gasteiger charge is -2.23. The van der Waals surface area contributed by atoms with E-state index in [0.717, 1.165) is 5.56 Å². The molecule has 3 N–H and O–H groups in total. The van der Waals surface area contributed by atoms with Gasteiger partial charge in [0, 0.05) is 11.8 Å². The number of guanidine groups is 1. The molecular formula is C17H15Cl3N6O. The highest BCUT2D eigenvalue weighted by molar-refractivity contribution is 6.68. The molecule has 0 fully saturated rings. The summed E-state index contributed by atoms with van der Waals surface area (Å²) in [6, 6.07) is 10.4. The minimum absolute atomic E-state index is 0.0214. The number of anilines is 1. The van der Waals surface area contributed by atoms with Crippen LogP contribution in [0.15, 0.2) is 53.8 Å². The molecule has 140 valence electrons. The number of halogens is 3. The second-order valence-electron chi connectivity index (χ2n) is 5.31. The van der Waals surface area contributed by atoms with E-state index in [1.807, 2.05) is 6.07 Å². The maximum atomic E-state index is 12.5. The van der Waals surface area contributed by atoms with Crippen LogP contribution in [-0.2, 0) is 0 Å². The number of nitriles is 1. The SMILES string of the molecule is Cc1ccccc1C(=O)NC(/N=C(\NC#N)Nc1cccnc1)C(Cl)(Cl)Cl. The number of rotatable bonds is 4. The van der Waals surface area contributed by atoms with Gasteiger partial charge in [0.25, 0.3) is 5.91 Å². The lowest BCUT2D eigenvalue weighted by molar-refractivity contribution is 0.0938. The third-order valence-electron chi connectivity index (χ3n) is 3.32. The Labute approximate surface area is 171 Å². The van der Waals surface area contributed by atoms with Crippen molar-refractivity contribution in [2.45, 2.75) is 16.9 Å². The Balaban J connectivity index is 2.28. The third-order valence-corrected chi connectivity index (χ3v) is 3.94. The van der Waals surface area contributed by atoms with Gasteiger partial charge in [-0.2, -0.15) is 5.26 Å². The van der Waals surface area contributed by atoms with E-state index in [9.17, 15) is 4.79 Å². The first-order valence-electron chi connectivity index (χ1n) is 7.64. The zero-order valence-electron chi connectivity index (χ0n) is 14.1. The number of hydrogen-bond donors (Lipinski definition) is 3. The van der Waals surface area contributed by atoms with Crippen LogP contribution in [0, 0.1) is 18.4 Å². The van der Waals surface area contributed by atoms with E-state index < -0.39 is 15.9 Å². The minimum Gasteiger partial charge on any atom is -0.327 e.